The van der Waals surface area contributed by atoms with E-state index in [0.29, 0.717) is 5.92 Å². The predicted octanol–water partition coefficient (Wildman–Crippen LogP) is 5.37. The Morgan fingerprint density at radius 3 is 1.57 bits per heavy atom. The van der Waals surface area contributed by atoms with Gasteiger partial charge in [0.15, 0.2) is 0 Å². The van der Waals surface area contributed by atoms with Crippen LogP contribution in [0.25, 0.3) is 0 Å². The first-order valence-electron chi connectivity index (χ1n) is 7.48. The first-order chi connectivity index (χ1) is 10.3. The number of rotatable bonds is 4. The van der Waals surface area contributed by atoms with Crippen molar-refractivity contribution in [3.8, 4) is 0 Å². The summed E-state index contributed by atoms with van der Waals surface area (Å²) in [6, 6.07) is 30.5. The van der Waals surface area contributed by atoms with Gasteiger partial charge in [-0.15, -0.1) is 0 Å². The van der Waals surface area contributed by atoms with Gasteiger partial charge in [0.05, 0.1) is 0 Å². The highest BCUT2D eigenvalue weighted by Crippen LogP contribution is 2.28. The van der Waals surface area contributed by atoms with Crippen LogP contribution < -0.4 is 0 Å². The second-order valence-electron chi connectivity index (χ2n) is 5.56. The monoisotopic (exact) mass is 272 g/mol. The van der Waals surface area contributed by atoms with Crippen molar-refractivity contribution in [2.24, 2.45) is 0 Å². The number of benzene rings is 3. The molecule has 0 nitrogen and oxygen atoms in total. The molecule has 0 bridgehead atoms. The quantitative estimate of drug-likeness (QED) is 0.599. The average Bonchev–Trinajstić information content (AvgIpc) is 2.56. The normalized spacial score (nSPS) is 10.8. The van der Waals surface area contributed by atoms with E-state index in [1.807, 2.05) is 0 Å². The summed E-state index contributed by atoms with van der Waals surface area (Å²) in [5.41, 5.74) is 5.46. The van der Waals surface area contributed by atoms with E-state index in [1.165, 1.54) is 22.3 Å². The van der Waals surface area contributed by atoms with Gasteiger partial charge in [0, 0.05) is 5.92 Å². The number of aryl methyl sites for hydroxylation is 1. The molecule has 104 valence electrons. The van der Waals surface area contributed by atoms with Gasteiger partial charge in [-0.3, -0.25) is 0 Å². The third-order valence-corrected chi connectivity index (χ3v) is 3.96. The lowest BCUT2D eigenvalue weighted by atomic mass is 9.86. The van der Waals surface area contributed by atoms with Crippen molar-refractivity contribution in [1.82, 2.24) is 0 Å². The molecule has 0 spiro atoms. The predicted molar refractivity (Wildman–Crippen MR) is 89.6 cm³/mol. The molecule has 0 aliphatic carbocycles. The Labute approximate surface area is 127 Å². The topological polar surface area (TPSA) is 0 Å². The molecule has 21 heavy (non-hydrogen) atoms. The Kier molecular flexibility index (Phi) is 4.16. The Hall–Kier alpha value is -2.34. The van der Waals surface area contributed by atoms with E-state index >= 15 is 0 Å². The zero-order valence-corrected chi connectivity index (χ0v) is 12.4. The molecule has 0 unspecified atom stereocenters. The molecule has 0 saturated carbocycles. The first-order valence-corrected chi connectivity index (χ1v) is 7.48. The van der Waals surface area contributed by atoms with Crippen LogP contribution in [0.4, 0.5) is 0 Å². The molecule has 0 heterocycles. The van der Waals surface area contributed by atoms with Crippen LogP contribution in [0.15, 0.2) is 84.9 Å². The van der Waals surface area contributed by atoms with Gasteiger partial charge in [0.2, 0.25) is 0 Å². The molecule has 0 radical (unpaired) electrons. The fourth-order valence-corrected chi connectivity index (χ4v) is 2.76. The molecular formula is C21H20. The van der Waals surface area contributed by atoms with Gasteiger partial charge in [0.1, 0.15) is 0 Å². The van der Waals surface area contributed by atoms with E-state index in [0.717, 1.165) is 6.42 Å². The van der Waals surface area contributed by atoms with Gasteiger partial charge in [-0.05, 0) is 30.0 Å². The number of hydrogen-bond donors (Lipinski definition) is 0. The maximum atomic E-state index is 2.24. The molecule has 3 aromatic rings. The van der Waals surface area contributed by atoms with Crippen LogP contribution in [0.5, 0.6) is 0 Å². The van der Waals surface area contributed by atoms with Crippen LogP contribution in [0.1, 0.15) is 28.2 Å². The maximum Gasteiger partial charge on any atom is 0.0130 e. The average molecular weight is 272 g/mol. The van der Waals surface area contributed by atoms with Crippen molar-refractivity contribution in [2.75, 3.05) is 0 Å². The maximum absolute atomic E-state index is 2.24. The summed E-state index contributed by atoms with van der Waals surface area (Å²) in [4.78, 5) is 0. The molecule has 3 aromatic carbocycles. The minimum Gasteiger partial charge on any atom is -0.0622 e. The van der Waals surface area contributed by atoms with Crippen LogP contribution in [-0.4, -0.2) is 0 Å². The molecule has 0 heteroatoms. The summed E-state index contributed by atoms with van der Waals surface area (Å²) in [5, 5.41) is 0. The van der Waals surface area contributed by atoms with Crippen molar-refractivity contribution >= 4 is 0 Å². The van der Waals surface area contributed by atoms with E-state index in [-0.39, 0.29) is 0 Å². The lowest BCUT2D eigenvalue weighted by molar-refractivity contribution is 0.805. The van der Waals surface area contributed by atoms with E-state index in [1.54, 1.807) is 0 Å². The highest BCUT2D eigenvalue weighted by Gasteiger charge is 2.14. The molecule has 0 aromatic heterocycles. The van der Waals surface area contributed by atoms with Gasteiger partial charge < -0.3 is 0 Å². The van der Waals surface area contributed by atoms with Gasteiger partial charge in [-0.1, -0.05) is 90.5 Å². The van der Waals surface area contributed by atoms with Gasteiger partial charge >= 0.3 is 0 Å². The Morgan fingerprint density at radius 1 is 0.619 bits per heavy atom. The van der Waals surface area contributed by atoms with Crippen molar-refractivity contribution < 1.29 is 0 Å². The van der Waals surface area contributed by atoms with Crippen molar-refractivity contribution in [3.63, 3.8) is 0 Å². The second kappa shape index (κ2) is 6.41. The molecule has 0 N–H and O–H groups in total. The molecule has 0 atom stereocenters. The van der Waals surface area contributed by atoms with Crippen LogP contribution >= 0.6 is 0 Å². The molecule has 3 rings (SSSR count). The molecule has 0 amide bonds. The molecule has 0 saturated heterocycles. The van der Waals surface area contributed by atoms with Gasteiger partial charge in [-0.25, -0.2) is 0 Å². The summed E-state index contributed by atoms with van der Waals surface area (Å²) in [6.45, 7) is 2.13. The molecule has 0 fully saturated rings. The van der Waals surface area contributed by atoms with Crippen LogP contribution in [-0.2, 0) is 6.42 Å². The largest absolute Gasteiger partial charge is 0.0622 e. The van der Waals surface area contributed by atoms with Gasteiger partial charge in [0.25, 0.3) is 0 Å². The summed E-state index contributed by atoms with van der Waals surface area (Å²) < 4.78 is 0. The fraction of sp³-hybridized carbons (Fsp3) is 0.143. The summed E-state index contributed by atoms with van der Waals surface area (Å²) in [6.07, 6.45) is 1.04. The van der Waals surface area contributed by atoms with Crippen LogP contribution in [0.3, 0.4) is 0 Å². The van der Waals surface area contributed by atoms with Crippen molar-refractivity contribution in [3.05, 3.63) is 107 Å². The third kappa shape index (κ3) is 3.41. The first kappa shape index (κ1) is 13.6. The summed E-state index contributed by atoms with van der Waals surface area (Å²) in [5.74, 6) is 0.412. The molecule has 0 aliphatic heterocycles. The third-order valence-electron chi connectivity index (χ3n) is 3.96. The van der Waals surface area contributed by atoms with Crippen LogP contribution in [0, 0.1) is 6.92 Å². The van der Waals surface area contributed by atoms with E-state index in [4.69, 9.17) is 0 Å². The number of hydrogen-bond acceptors (Lipinski definition) is 0. The SMILES string of the molecule is Cc1ccc(CC(c2ccccc2)c2ccccc2)cc1. The van der Waals surface area contributed by atoms with E-state index in [9.17, 15) is 0 Å². The summed E-state index contributed by atoms with van der Waals surface area (Å²) >= 11 is 0. The highest BCUT2D eigenvalue weighted by atomic mass is 14.2. The smallest absolute Gasteiger partial charge is 0.0130 e. The van der Waals surface area contributed by atoms with Crippen molar-refractivity contribution in [1.29, 1.82) is 0 Å². The fourth-order valence-electron chi connectivity index (χ4n) is 2.76. The zero-order chi connectivity index (χ0) is 14.5. The Bertz CT molecular complexity index is 627. The standard InChI is InChI=1S/C21H20/c1-17-12-14-18(15-13-17)16-21(19-8-4-2-5-9-19)20-10-6-3-7-11-20/h2-15,21H,16H2,1H3. The minimum atomic E-state index is 0.412. The molecule has 0 aliphatic rings. The summed E-state index contributed by atoms with van der Waals surface area (Å²) in [7, 11) is 0. The lowest BCUT2D eigenvalue weighted by Gasteiger charge is -2.18. The minimum absolute atomic E-state index is 0.412. The van der Waals surface area contributed by atoms with Gasteiger partial charge in [-0.2, -0.15) is 0 Å². The Balaban J connectivity index is 1.95. The highest BCUT2D eigenvalue weighted by molar-refractivity contribution is 5.35. The van der Waals surface area contributed by atoms with Crippen LogP contribution in [0.2, 0.25) is 0 Å². The second-order valence-corrected chi connectivity index (χ2v) is 5.56. The Morgan fingerprint density at radius 2 is 1.10 bits per heavy atom. The zero-order valence-electron chi connectivity index (χ0n) is 12.4. The van der Waals surface area contributed by atoms with Crippen molar-refractivity contribution in [2.45, 2.75) is 19.3 Å². The van der Waals surface area contributed by atoms with E-state index in [2.05, 4.69) is 91.9 Å². The van der Waals surface area contributed by atoms with E-state index < -0.39 is 0 Å². The molecular weight excluding hydrogens is 252 g/mol. The lowest BCUT2D eigenvalue weighted by Crippen LogP contribution is -2.05.